The molecule has 1 aliphatic rings. The lowest BCUT2D eigenvalue weighted by atomic mass is 10.1. The Balaban J connectivity index is 1.43. The van der Waals surface area contributed by atoms with Gasteiger partial charge in [-0.1, -0.05) is 11.8 Å². The third-order valence-electron chi connectivity index (χ3n) is 6.05. The Morgan fingerprint density at radius 2 is 1.73 bits per heavy atom. The van der Waals surface area contributed by atoms with Gasteiger partial charge in [-0.2, -0.15) is 18.4 Å². The fraction of sp³-hybridized carbons (Fsp3) is 0.214. The van der Waals surface area contributed by atoms with Gasteiger partial charge in [0.15, 0.2) is 12.4 Å². The third-order valence-corrected chi connectivity index (χ3v) is 7.22. The van der Waals surface area contributed by atoms with Gasteiger partial charge in [0.1, 0.15) is 22.5 Å². The van der Waals surface area contributed by atoms with Crippen molar-refractivity contribution >= 4 is 41.0 Å². The number of pyridine rings is 1. The van der Waals surface area contributed by atoms with Crippen molar-refractivity contribution in [2.45, 2.75) is 29.8 Å². The zero-order chi connectivity index (χ0) is 29.9. The van der Waals surface area contributed by atoms with E-state index in [1.165, 1.54) is 50.4 Å². The molecule has 9 nitrogen and oxygen atoms in total. The molecule has 1 atom stereocenters. The van der Waals surface area contributed by atoms with E-state index in [0.717, 1.165) is 11.0 Å². The Hall–Kier alpha value is -4.70. The van der Waals surface area contributed by atoms with E-state index in [0.29, 0.717) is 23.1 Å². The average Bonchev–Trinajstić information content (AvgIpc) is 3.22. The smallest absolute Gasteiger partial charge is 0.433 e. The molecule has 41 heavy (non-hydrogen) atoms. The van der Waals surface area contributed by atoms with Gasteiger partial charge >= 0.3 is 12.1 Å². The molecule has 0 saturated carbocycles. The first kappa shape index (κ1) is 29.3. The number of thioether (sulfide) groups is 1. The number of alkyl halides is 3. The van der Waals surface area contributed by atoms with E-state index in [4.69, 9.17) is 9.47 Å². The Morgan fingerprint density at radius 1 is 1.10 bits per heavy atom. The number of Topliss-reactive ketones (excluding diaryl/α,β-unsaturated/α-hetero) is 1. The molecule has 2 aromatic carbocycles. The van der Waals surface area contributed by atoms with Gasteiger partial charge in [-0.15, -0.1) is 0 Å². The largest absolute Gasteiger partial charge is 0.497 e. The monoisotopic (exact) mass is 583 g/mol. The number of nitrogens with zero attached hydrogens (tertiary/aromatic N) is 3. The van der Waals surface area contributed by atoms with Crippen molar-refractivity contribution in [3.8, 4) is 11.8 Å². The predicted molar refractivity (Wildman–Crippen MR) is 139 cm³/mol. The highest BCUT2D eigenvalue weighted by Gasteiger charge is 2.42. The predicted octanol–water partition coefficient (Wildman–Crippen LogP) is 4.75. The summed E-state index contributed by atoms with van der Waals surface area (Å²) in [6, 6.07) is 14.1. The Kier molecular flexibility index (Phi) is 8.44. The number of methoxy groups -OCH3 is 1. The molecule has 4 rings (SSSR count). The van der Waals surface area contributed by atoms with Gasteiger partial charge in [0.05, 0.1) is 29.2 Å². The Bertz CT molecular complexity index is 1570. The zero-order valence-electron chi connectivity index (χ0n) is 21.5. The second-order valence-electron chi connectivity index (χ2n) is 8.77. The molecular formula is C28H20F3N3O6S. The highest BCUT2D eigenvalue weighted by Crippen LogP contribution is 2.38. The molecule has 0 bridgehead atoms. The molecule has 1 saturated heterocycles. The Labute approximate surface area is 235 Å². The number of aryl methyl sites for hydroxylation is 1. The summed E-state index contributed by atoms with van der Waals surface area (Å²) in [7, 11) is 1.49. The molecular weight excluding hydrogens is 563 g/mol. The number of halogens is 3. The highest BCUT2D eigenvalue weighted by atomic mass is 32.2. The van der Waals surface area contributed by atoms with Crippen molar-refractivity contribution in [3.05, 3.63) is 82.5 Å². The number of ketones is 1. The van der Waals surface area contributed by atoms with Crippen molar-refractivity contribution in [3.63, 3.8) is 0 Å². The van der Waals surface area contributed by atoms with E-state index in [2.05, 4.69) is 4.98 Å². The van der Waals surface area contributed by atoms with Crippen LogP contribution < -0.4 is 9.64 Å². The molecule has 0 spiro atoms. The lowest BCUT2D eigenvalue weighted by molar-refractivity contribution is -0.141. The number of hydrogen-bond donors (Lipinski definition) is 0. The average molecular weight is 584 g/mol. The molecule has 210 valence electrons. The van der Waals surface area contributed by atoms with Crippen LogP contribution in [0.4, 0.5) is 18.9 Å². The minimum atomic E-state index is -4.76. The summed E-state index contributed by atoms with van der Waals surface area (Å²) in [6.45, 7) is 0.817. The first-order valence-corrected chi connectivity index (χ1v) is 12.8. The first-order chi connectivity index (χ1) is 19.4. The maximum Gasteiger partial charge on any atom is 0.433 e. The highest BCUT2D eigenvalue weighted by molar-refractivity contribution is 8.00. The quantitative estimate of drug-likeness (QED) is 0.210. The molecule has 1 unspecified atom stereocenters. The third kappa shape index (κ3) is 6.38. The number of aromatic nitrogens is 1. The summed E-state index contributed by atoms with van der Waals surface area (Å²) in [4.78, 5) is 54.9. The lowest BCUT2D eigenvalue weighted by Gasteiger charge is -2.16. The molecule has 13 heteroatoms. The van der Waals surface area contributed by atoms with Crippen LogP contribution in [0.3, 0.4) is 0 Å². The second kappa shape index (κ2) is 11.8. The zero-order valence-corrected chi connectivity index (χ0v) is 22.3. The first-order valence-electron chi connectivity index (χ1n) is 11.9. The van der Waals surface area contributed by atoms with Gasteiger partial charge in [0, 0.05) is 12.0 Å². The number of nitriles is 1. The van der Waals surface area contributed by atoms with Gasteiger partial charge in [-0.25, -0.2) is 14.7 Å². The van der Waals surface area contributed by atoms with E-state index in [1.54, 1.807) is 18.2 Å². The normalized spacial score (nSPS) is 15.0. The van der Waals surface area contributed by atoms with Crippen LogP contribution in [0.5, 0.6) is 5.75 Å². The number of carbonyl (C=O) groups is 4. The minimum Gasteiger partial charge on any atom is -0.497 e. The van der Waals surface area contributed by atoms with E-state index in [1.807, 2.05) is 0 Å². The molecule has 1 aromatic heterocycles. The molecule has 3 aromatic rings. The van der Waals surface area contributed by atoms with E-state index in [-0.39, 0.29) is 33.8 Å². The molecule has 1 fully saturated rings. The van der Waals surface area contributed by atoms with Crippen LogP contribution in [0.2, 0.25) is 0 Å². The number of benzene rings is 2. The maximum absolute atomic E-state index is 13.3. The van der Waals surface area contributed by atoms with Crippen LogP contribution in [0.15, 0.2) is 59.6 Å². The number of anilines is 1. The van der Waals surface area contributed by atoms with Crippen molar-refractivity contribution in [1.82, 2.24) is 4.98 Å². The van der Waals surface area contributed by atoms with Crippen LogP contribution in [0, 0.1) is 18.3 Å². The number of ether oxygens (including phenoxy) is 2. The summed E-state index contributed by atoms with van der Waals surface area (Å²) >= 11 is 0.616. The van der Waals surface area contributed by atoms with E-state index < -0.39 is 47.3 Å². The number of rotatable bonds is 8. The lowest BCUT2D eigenvalue weighted by Crippen LogP contribution is -2.31. The number of imide groups is 1. The van der Waals surface area contributed by atoms with Crippen LogP contribution in [-0.4, -0.2) is 47.5 Å². The summed E-state index contributed by atoms with van der Waals surface area (Å²) in [6.07, 6.45) is -5.09. The van der Waals surface area contributed by atoms with E-state index >= 15 is 0 Å². The van der Waals surface area contributed by atoms with Crippen molar-refractivity contribution in [2.75, 3.05) is 18.6 Å². The van der Waals surface area contributed by atoms with Crippen molar-refractivity contribution in [2.24, 2.45) is 0 Å². The van der Waals surface area contributed by atoms with Crippen LogP contribution in [0.1, 0.15) is 44.0 Å². The van der Waals surface area contributed by atoms with Gasteiger partial charge in [-0.05, 0) is 67.1 Å². The topological polar surface area (TPSA) is 127 Å². The van der Waals surface area contributed by atoms with E-state index in [9.17, 15) is 37.6 Å². The molecule has 0 radical (unpaired) electrons. The fourth-order valence-corrected chi connectivity index (χ4v) is 5.11. The number of esters is 1. The molecule has 2 heterocycles. The van der Waals surface area contributed by atoms with Gasteiger partial charge in [0.2, 0.25) is 11.8 Å². The minimum absolute atomic E-state index is 0.0409. The molecule has 2 amide bonds. The maximum atomic E-state index is 13.3. The summed E-state index contributed by atoms with van der Waals surface area (Å²) in [5.74, 6) is -2.00. The standard InChI is InChI=1S/C28H20F3N3O6S/c1-15-11-23(28(29,30)31)33-25(20(15)13-32)41-22-12-24(36)34(26(22)37)18-7-3-17(4-8-18)27(38)40-14-21(35)16-5-9-19(39-2)10-6-16/h3-11,22H,12,14H2,1-2H3. The van der Waals surface area contributed by atoms with Crippen molar-refractivity contribution < 1.29 is 41.8 Å². The van der Waals surface area contributed by atoms with Crippen LogP contribution >= 0.6 is 11.8 Å². The molecule has 1 aliphatic heterocycles. The van der Waals surface area contributed by atoms with Gasteiger partial charge < -0.3 is 9.47 Å². The molecule has 0 N–H and O–H groups in total. The van der Waals surface area contributed by atoms with Crippen LogP contribution in [-0.2, 0) is 20.5 Å². The van der Waals surface area contributed by atoms with Crippen LogP contribution in [0.25, 0.3) is 0 Å². The Morgan fingerprint density at radius 3 is 2.32 bits per heavy atom. The molecule has 0 aliphatic carbocycles. The SMILES string of the molecule is COc1ccc(C(=O)COC(=O)c2ccc(N3C(=O)CC(Sc4nc(C(F)(F)F)cc(C)c4C#N)C3=O)cc2)cc1. The second-order valence-corrected chi connectivity index (χ2v) is 9.96. The summed E-state index contributed by atoms with van der Waals surface area (Å²) < 4.78 is 49.9. The number of carbonyl (C=O) groups excluding carboxylic acids is 4. The number of amides is 2. The number of hydrogen-bond acceptors (Lipinski definition) is 9. The summed E-state index contributed by atoms with van der Waals surface area (Å²) in [5, 5.41) is 8.01. The fourth-order valence-electron chi connectivity index (χ4n) is 3.93. The van der Waals surface area contributed by atoms with Gasteiger partial charge in [0.25, 0.3) is 0 Å². The summed E-state index contributed by atoms with van der Waals surface area (Å²) in [5.41, 5.74) is -0.775. The van der Waals surface area contributed by atoms with Crippen molar-refractivity contribution in [1.29, 1.82) is 5.26 Å². The van der Waals surface area contributed by atoms with Gasteiger partial charge in [-0.3, -0.25) is 14.4 Å².